The molecule has 0 unspecified atom stereocenters. The molecular formula is C12H12N2O2S. The summed E-state index contributed by atoms with van der Waals surface area (Å²) in [6.07, 6.45) is 3.22. The zero-order chi connectivity index (χ0) is 11.8. The van der Waals surface area contributed by atoms with Crippen LogP contribution < -0.4 is 5.73 Å². The number of nitrogens with zero attached hydrogens (tertiary/aromatic N) is 1. The number of furan rings is 1. The molecule has 0 saturated heterocycles. The maximum atomic E-state index is 5.99. The van der Waals surface area contributed by atoms with Gasteiger partial charge in [-0.05, 0) is 18.6 Å². The number of aromatic nitrogens is 1. The number of aryl methyl sites for hydroxylation is 1. The molecule has 0 fully saturated rings. The van der Waals surface area contributed by atoms with Gasteiger partial charge in [-0.3, -0.25) is 0 Å². The lowest BCUT2D eigenvalue weighted by atomic mass is 10.2. The van der Waals surface area contributed by atoms with Gasteiger partial charge in [0.2, 0.25) is 5.58 Å². The van der Waals surface area contributed by atoms with E-state index in [1.165, 1.54) is 0 Å². The fourth-order valence-electron chi connectivity index (χ4n) is 1.85. The van der Waals surface area contributed by atoms with E-state index in [0.29, 0.717) is 12.0 Å². The molecular weight excluding hydrogens is 236 g/mol. The highest BCUT2D eigenvalue weighted by atomic mass is 32.1. The summed E-state index contributed by atoms with van der Waals surface area (Å²) in [6, 6.07) is 3.80. The molecule has 0 aliphatic rings. The van der Waals surface area contributed by atoms with Crippen molar-refractivity contribution in [1.29, 1.82) is 0 Å². The van der Waals surface area contributed by atoms with Crippen molar-refractivity contribution in [2.75, 3.05) is 5.73 Å². The van der Waals surface area contributed by atoms with Crippen molar-refractivity contribution in [3.63, 3.8) is 0 Å². The second kappa shape index (κ2) is 3.92. The normalized spacial score (nSPS) is 11.4. The third-order valence-electron chi connectivity index (χ3n) is 2.73. The van der Waals surface area contributed by atoms with E-state index < -0.39 is 0 Å². The predicted octanol–water partition coefficient (Wildman–Crippen LogP) is 3.22. The molecule has 0 bridgehead atoms. The highest BCUT2D eigenvalue weighted by Crippen LogP contribution is 2.36. The van der Waals surface area contributed by atoms with Crippen LogP contribution in [0.4, 0.5) is 5.69 Å². The first kappa shape index (κ1) is 10.4. The predicted molar refractivity (Wildman–Crippen MR) is 67.2 cm³/mol. The van der Waals surface area contributed by atoms with E-state index >= 15 is 0 Å². The molecule has 5 heteroatoms. The fraction of sp³-hybridized carbons (Fsp3) is 0.250. The van der Waals surface area contributed by atoms with E-state index in [9.17, 15) is 0 Å². The molecule has 0 aliphatic heterocycles. The van der Waals surface area contributed by atoms with Crippen LogP contribution in [0.1, 0.15) is 23.3 Å². The Hall–Kier alpha value is -1.75. The molecule has 0 aliphatic carbocycles. The Bertz CT molecular complexity index is 637. The first-order valence-electron chi connectivity index (χ1n) is 5.47. The van der Waals surface area contributed by atoms with Gasteiger partial charge >= 0.3 is 0 Å². The SMILES string of the molecule is CCc1sc2c(Cc3ccco3)noc2c1N. The third kappa shape index (κ3) is 1.63. The summed E-state index contributed by atoms with van der Waals surface area (Å²) in [7, 11) is 0. The summed E-state index contributed by atoms with van der Waals surface area (Å²) < 4.78 is 11.7. The quantitative estimate of drug-likeness (QED) is 0.772. The largest absolute Gasteiger partial charge is 0.469 e. The minimum atomic E-state index is 0.642. The zero-order valence-electron chi connectivity index (χ0n) is 9.40. The van der Waals surface area contributed by atoms with E-state index in [1.54, 1.807) is 17.6 Å². The van der Waals surface area contributed by atoms with Crippen molar-refractivity contribution in [2.45, 2.75) is 19.8 Å². The zero-order valence-corrected chi connectivity index (χ0v) is 10.2. The molecule has 3 aromatic heterocycles. The topological polar surface area (TPSA) is 65.2 Å². The van der Waals surface area contributed by atoms with Crippen LogP contribution in [0.5, 0.6) is 0 Å². The van der Waals surface area contributed by atoms with Crippen molar-refractivity contribution in [3.05, 3.63) is 34.7 Å². The Labute approximate surface area is 102 Å². The monoisotopic (exact) mass is 248 g/mol. The van der Waals surface area contributed by atoms with Gasteiger partial charge in [0.25, 0.3) is 0 Å². The van der Waals surface area contributed by atoms with Gasteiger partial charge in [-0.2, -0.15) is 0 Å². The number of rotatable bonds is 3. The number of anilines is 1. The average Bonchev–Trinajstić information content (AvgIpc) is 3.00. The summed E-state index contributed by atoms with van der Waals surface area (Å²) in [5, 5.41) is 4.06. The van der Waals surface area contributed by atoms with Gasteiger partial charge < -0.3 is 14.7 Å². The van der Waals surface area contributed by atoms with Crippen LogP contribution in [0.25, 0.3) is 10.3 Å². The van der Waals surface area contributed by atoms with Crippen LogP contribution in [0.15, 0.2) is 27.3 Å². The highest BCUT2D eigenvalue weighted by molar-refractivity contribution is 7.19. The van der Waals surface area contributed by atoms with Crippen molar-refractivity contribution >= 4 is 27.3 Å². The molecule has 0 aromatic carbocycles. The maximum absolute atomic E-state index is 5.99. The minimum absolute atomic E-state index is 0.642. The van der Waals surface area contributed by atoms with Gasteiger partial charge in [0, 0.05) is 4.88 Å². The maximum Gasteiger partial charge on any atom is 0.201 e. The van der Waals surface area contributed by atoms with Crippen LogP contribution in [0, 0.1) is 0 Å². The number of nitrogen functional groups attached to an aromatic ring is 1. The highest BCUT2D eigenvalue weighted by Gasteiger charge is 2.17. The van der Waals surface area contributed by atoms with E-state index in [4.69, 9.17) is 14.7 Å². The van der Waals surface area contributed by atoms with Gasteiger partial charge in [-0.25, -0.2) is 0 Å². The molecule has 3 aromatic rings. The molecule has 88 valence electrons. The second-order valence-electron chi connectivity index (χ2n) is 3.84. The fourth-order valence-corrected chi connectivity index (χ4v) is 2.91. The Morgan fingerprint density at radius 2 is 2.35 bits per heavy atom. The van der Waals surface area contributed by atoms with E-state index in [0.717, 1.165) is 33.1 Å². The van der Waals surface area contributed by atoms with Crippen molar-refractivity contribution < 1.29 is 8.94 Å². The summed E-state index contributed by atoms with van der Waals surface area (Å²) in [5.74, 6) is 0.880. The van der Waals surface area contributed by atoms with Crippen molar-refractivity contribution in [3.8, 4) is 0 Å². The molecule has 0 saturated carbocycles. The molecule has 0 amide bonds. The smallest absolute Gasteiger partial charge is 0.201 e. The summed E-state index contributed by atoms with van der Waals surface area (Å²) >= 11 is 1.66. The summed E-state index contributed by atoms with van der Waals surface area (Å²) in [6.45, 7) is 2.08. The summed E-state index contributed by atoms with van der Waals surface area (Å²) in [4.78, 5) is 1.15. The van der Waals surface area contributed by atoms with Crippen molar-refractivity contribution in [2.24, 2.45) is 0 Å². The summed E-state index contributed by atoms with van der Waals surface area (Å²) in [5.41, 5.74) is 8.33. The van der Waals surface area contributed by atoms with Crippen LogP contribution in [-0.2, 0) is 12.8 Å². The Morgan fingerprint density at radius 3 is 3.06 bits per heavy atom. The molecule has 2 N–H and O–H groups in total. The van der Waals surface area contributed by atoms with E-state index in [1.807, 2.05) is 12.1 Å². The van der Waals surface area contributed by atoms with Crippen LogP contribution >= 0.6 is 11.3 Å². The van der Waals surface area contributed by atoms with Gasteiger partial charge in [0.1, 0.15) is 16.2 Å². The lowest BCUT2D eigenvalue weighted by Crippen LogP contribution is -1.86. The van der Waals surface area contributed by atoms with Crippen molar-refractivity contribution in [1.82, 2.24) is 5.16 Å². The lowest BCUT2D eigenvalue weighted by molar-refractivity contribution is 0.443. The third-order valence-corrected chi connectivity index (χ3v) is 4.11. The average molecular weight is 248 g/mol. The van der Waals surface area contributed by atoms with Gasteiger partial charge in [0.05, 0.1) is 18.4 Å². The number of hydrogen-bond acceptors (Lipinski definition) is 5. The molecule has 3 heterocycles. The molecule has 0 atom stereocenters. The van der Waals surface area contributed by atoms with E-state index in [2.05, 4.69) is 12.1 Å². The Morgan fingerprint density at radius 1 is 1.47 bits per heavy atom. The molecule has 0 radical (unpaired) electrons. The van der Waals surface area contributed by atoms with Crippen LogP contribution in [0.3, 0.4) is 0 Å². The minimum Gasteiger partial charge on any atom is -0.469 e. The first-order chi connectivity index (χ1) is 8.29. The van der Waals surface area contributed by atoms with Gasteiger partial charge in [-0.15, -0.1) is 11.3 Å². The number of thiophene rings is 1. The van der Waals surface area contributed by atoms with Gasteiger partial charge in [0.15, 0.2) is 0 Å². The number of fused-ring (bicyclic) bond motifs is 1. The standard InChI is InChI=1S/C12H12N2O2S/c1-2-9-10(13)11-12(17-9)8(14-16-11)6-7-4-3-5-15-7/h3-5H,2,6,13H2,1H3. The Kier molecular flexibility index (Phi) is 2.40. The lowest BCUT2D eigenvalue weighted by Gasteiger charge is -1.91. The number of nitrogens with two attached hydrogens (primary N) is 1. The van der Waals surface area contributed by atoms with Crippen LogP contribution in [0.2, 0.25) is 0 Å². The van der Waals surface area contributed by atoms with E-state index in [-0.39, 0.29) is 0 Å². The molecule has 17 heavy (non-hydrogen) atoms. The van der Waals surface area contributed by atoms with Crippen LogP contribution in [-0.4, -0.2) is 5.16 Å². The molecule has 3 rings (SSSR count). The second-order valence-corrected chi connectivity index (χ2v) is 4.94. The van der Waals surface area contributed by atoms with Gasteiger partial charge in [-0.1, -0.05) is 12.1 Å². The molecule has 4 nitrogen and oxygen atoms in total. The molecule has 0 spiro atoms. The Balaban J connectivity index is 2.05. The first-order valence-corrected chi connectivity index (χ1v) is 6.29. The number of hydrogen-bond donors (Lipinski definition) is 1.